The molecule has 17 heavy (non-hydrogen) atoms. The maximum Gasteiger partial charge on any atom is 0.320 e. The third-order valence-corrected chi connectivity index (χ3v) is 3.75. The van der Waals surface area contributed by atoms with Gasteiger partial charge in [0.1, 0.15) is 6.04 Å². The molecule has 1 atom stereocenters. The Morgan fingerprint density at radius 1 is 1.24 bits per heavy atom. The Hall–Kier alpha value is -0.610. The largest absolute Gasteiger partial charge is 0.480 e. The molecule has 2 aliphatic rings. The highest BCUT2D eigenvalue weighted by atomic mass is 16.4. The molecule has 0 aromatic heterocycles. The summed E-state index contributed by atoms with van der Waals surface area (Å²) >= 11 is 0. The van der Waals surface area contributed by atoms with Gasteiger partial charge >= 0.3 is 5.97 Å². The average molecular weight is 240 g/mol. The van der Waals surface area contributed by atoms with Crippen LogP contribution < -0.4 is 5.32 Å². The van der Waals surface area contributed by atoms with Crippen molar-refractivity contribution in [3.63, 3.8) is 0 Å². The van der Waals surface area contributed by atoms with Crippen LogP contribution in [0.2, 0.25) is 0 Å². The Kier molecular flexibility index (Phi) is 4.80. The van der Waals surface area contributed by atoms with Crippen LogP contribution >= 0.6 is 0 Å². The van der Waals surface area contributed by atoms with E-state index in [0.717, 1.165) is 38.9 Å². The van der Waals surface area contributed by atoms with Gasteiger partial charge in [-0.25, -0.2) is 0 Å². The molecule has 1 saturated carbocycles. The highest BCUT2D eigenvalue weighted by Crippen LogP contribution is 2.20. The van der Waals surface area contributed by atoms with Gasteiger partial charge < -0.3 is 15.3 Å². The van der Waals surface area contributed by atoms with Crippen molar-refractivity contribution in [2.24, 2.45) is 0 Å². The number of carboxylic acids is 1. The molecule has 1 unspecified atom stereocenters. The third kappa shape index (κ3) is 4.64. The lowest BCUT2D eigenvalue weighted by atomic mass is 10.2. The smallest absolute Gasteiger partial charge is 0.320 e. The number of carbonyl (C=O) groups is 1. The number of carboxylic acid groups (broad SMARTS) is 1. The summed E-state index contributed by atoms with van der Waals surface area (Å²) in [7, 11) is 0. The molecule has 2 N–H and O–H groups in total. The van der Waals surface area contributed by atoms with Crippen LogP contribution in [0.4, 0.5) is 0 Å². The molecule has 1 saturated heterocycles. The van der Waals surface area contributed by atoms with Crippen LogP contribution in [0.25, 0.3) is 0 Å². The lowest BCUT2D eigenvalue weighted by Gasteiger charge is -2.22. The molecule has 0 radical (unpaired) electrons. The summed E-state index contributed by atoms with van der Waals surface area (Å²) in [4.78, 5) is 13.6. The van der Waals surface area contributed by atoms with Crippen LogP contribution in [0.15, 0.2) is 0 Å². The first kappa shape index (κ1) is 12.8. The second kappa shape index (κ2) is 6.36. The standard InChI is InChI=1S/C13H24N2O2/c16-13(17)12(14-11-5-6-11)7-10-15-8-3-1-2-4-9-15/h11-12,14H,1-10H2,(H,16,17). The number of nitrogens with one attached hydrogen (secondary N) is 1. The zero-order chi connectivity index (χ0) is 12.1. The molecule has 0 bridgehead atoms. The van der Waals surface area contributed by atoms with Crippen molar-refractivity contribution in [1.29, 1.82) is 0 Å². The van der Waals surface area contributed by atoms with Crippen molar-refractivity contribution in [2.45, 2.75) is 57.0 Å². The second-order valence-corrected chi connectivity index (χ2v) is 5.38. The highest BCUT2D eigenvalue weighted by Gasteiger charge is 2.28. The number of aliphatic carboxylic acids is 1. The van der Waals surface area contributed by atoms with Gasteiger partial charge in [0.2, 0.25) is 0 Å². The van der Waals surface area contributed by atoms with E-state index in [2.05, 4.69) is 10.2 Å². The van der Waals surface area contributed by atoms with Crippen molar-refractivity contribution in [1.82, 2.24) is 10.2 Å². The van der Waals surface area contributed by atoms with E-state index in [9.17, 15) is 4.79 Å². The molecule has 0 aromatic carbocycles. The number of rotatable bonds is 6. The molecular weight excluding hydrogens is 216 g/mol. The highest BCUT2D eigenvalue weighted by molar-refractivity contribution is 5.73. The molecule has 1 heterocycles. The van der Waals surface area contributed by atoms with Crippen LogP contribution in [0.5, 0.6) is 0 Å². The lowest BCUT2D eigenvalue weighted by molar-refractivity contribution is -0.139. The zero-order valence-corrected chi connectivity index (χ0v) is 10.5. The average Bonchev–Trinajstić information content (AvgIpc) is 3.11. The molecule has 0 spiro atoms. The molecule has 0 aromatic rings. The van der Waals surface area contributed by atoms with Crippen molar-refractivity contribution in [2.75, 3.05) is 19.6 Å². The van der Waals surface area contributed by atoms with Crippen LogP contribution in [0, 0.1) is 0 Å². The summed E-state index contributed by atoms with van der Waals surface area (Å²) in [5.74, 6) is -0.688. The molecule has 98 valence electrons. The summed E-state index contributed by atoms with van der Waals surface area (Å²) in [6, 6.07) is 0.131. The van der Waals surface area contributed by atoms with E-state index in [1.54, 1.807) is 0 Å². The van der Waals surface area contributed by atoms with E-state index in [4.69, 9.17) is 5.11 Å². The van der Waals surface area contributed by atoms with E-state index in [1.807, 2.05) is 0 Å². The Morgan fingerprint density at radius 2 is 1.88 bits per heavy atom. The van der Waals surface area contributed by atoms with Gasteiger partial charge in [-0.3, -0.25) is 4.79 Å². The van der Waals surface area contributed by atoms with E-state index in [0.29, 0.717) is 6.04 Å². The predicted octanol–water partition coefficient (Wildman–Crippen LogP) is 1.46. The fourth-order valence-corrected chi connectivity index (χ4v) is 2.48. The Labute approximate surface area is 103 Å². The number of hydrogen-bond acceptors (Lipinski definition) is 3. The first-order valence-electron chi connectivity index (χ1n) is 6.97. The monoisotopic (exact) mass is 240 g/mol. The van der Waals surface area contributed by atoms with Gasteiger partial charge in [0.05, 0.1) is 0 Å². The van der Waals surface area contributed by atoms with Crippen LogP contribution in [0.3, 0.4) is 0 Å². The quantitative estimate of drug-likeness (QED) is 0.738. The minimum atomic E-state index is -0.688. The first-order valence-corrected chi connectivity index (χ1v) is 6.97. The summed E-state index contributed by atoms with van der Waals surface area (Å²) in [5, 5.41) is 12.4. The SMILES string of the molecule is O=C(O)C(CCN1CCCCCC1)NC1CC1. The fourth-order valence-electron chi connectivity index (χ4n) is 2.48. The van der Waals surface area contributed by atoms with Gasteiger partial charge in [-0.1, -0.05) is 12.8 Å². The molecule has 1 aliphatic heterocycles. The van der Waals surface area contributed by atoms with Crippen LogP contribution in [-0.4, -0.2) is 47.7 Å². The van der Waals surface area contributed by atoms with Gasteiger partial charge in [0.15, 0.2) is 0 Å². The fraction of sp³-hybridized carbons (Fsp3) is 0.923. The van der Waals surface area contributed by atoms with Gasteiger partial charge in [0.25, 0.3) is 0 Å². The predicted molar refractivity (Wildman–Crippen MR) is 67.1 cm³/mol. The number of likely N-dealkylation sites (tertiary alicyclic amines) is 1. The van der Waals surface area contributed by atoms with Crippen molar-refractivity contribution in [3.05, 3.63) is 0 Å². The van der Waals surface area contributed by atoms with Gasteiger partial charge in [-0.05, 0) is 45.2 Å². The maximum absolute atomic E-state index is 11.1. The Balaban J connectivity index is 1.71. The van der Waals surface area contributed by atoms with Gasteiger partial charge in [-0.2, -0.15) is 0 Å². The minimum absolute atomic E-state index is 0.342. The van der Waals surface area contributed by atoms with Crippen LogP contribution in [-0.2, 0) is 4.79 Å². The lowest BCUT2D eigenvalue weighted by Crippen LogP contribution is -2.41. The van der Waals surface area contributed by atoms with Crippen LogP contribution in [0.1, 0.15) is 44.9 Å². The van der Waals surface area contributed by atoms with Gasteiger partial charge in [0, 0.05) is 12.6 Å². The zero-order valence-electron chi connectivity index (χ0n) is 10.5. The summed E-state index contributed by atoms with van der Waals surface area (Å²) in [5.41, 5.74) is 0. The Morgan fingerprint density at radius 3 is 2.41 bits per heavy atom. The maximum atomic E-state index is 11.1. The van der Waals surface area contributed by atoms with E-state index in [-0.39, 0.29) is 6.04 Å². The van der Waals surface area contributed by atoms with Gasteiger partial charge in [-0.15, -0.1) is 0 Å². The third-order valence-electron chi connectivity index (χ3n) is 3.75. The second-order valence-electron chi connectivity index (χ2n) is 5.38. The van der Waals surface area contributed by atoms with E-state index >= 15 is 0 Å². The van der Waals surface area contributed by atoms with Crippen molar-refractivity contribution >= 4 is 5.97 Å². The molecule has 2 fully saturated rings. The molecule has 1 aliphatic carbocycles. The summed E-state index contributed by atoms with van der Waals surface area (Å²) < 4.78 is 0. The molecule has 2 rings (SSSR count). The summed E-state index contributed by atoms with van der Waals surface area (Å²) in [6.45, 7) is 3.22. The van der Waals surface area contributed by atoms with Crippen molar-refractivity contribution in [3.8, 4) is 0 Å². The van der Waals surface area contributed by atoms with Crippen molar-refractivity contribution < 1.29 is 9.90 Å². The number of hydrogen-bond donors (Lipinski definition) is 2. The molecule has 0 amide bonds. The topological polar surface area (TPSA) is 52.6 Å². The number of nitrogens with zero attached hydrogens (tertiary/aromatic N) is 1. The van der Waals surface area contributed by atoms with E-state index < -0.39 is 5.97 Å². The molecule has 4 heteroatoms. The summed E-state index contributed by atoms with van der Waals surface area (Å²) in [6.07, 6.45) is 8.24. The first-order chi connectivity index (χ1) is 8.25. The minimum Gasteiger partial charge on any atom is -0.480 e. The Bertz CT molecular complexity index is 246. The normalized spacial score (nSPS) is 24.2. The van der Waals surface area contributed by atoms with E-state index in [1.165, 1.54) is 25.7 Å². The molecule has 4 nitrogen and oxygen atoms in total. The molecular formula is C13H24N2O2.